The molecular formula is C18H16Cl2N2O2. The van der Waals surface area contributed by atoms with E-state index in [1.54, 1.807) is 23.1 Å². The van der Waals surface area contributed by atoms with Crippen LogP contribution in [0.25, 0.3) is 0 Å². The van der Waals surface area contributed by atoms with Gasteiger partial charge in [-0.05, 0) is 37.1 Å². The quantitative estimate of drug-likeness (QED) is 0.827. The molecule has 124 valence electrons. The molecule has 1 aliphatic rings. The number of para-hydroxylation sites is 1. The lowest BCUT2D eigenvalue weighted by molar-refractivity contribution is -0.125. The van der Waals surface area contributed by atoms with Gasteiger partial charge in [0.25, 0.3) is 0 Å². The monoisotopic (exact) mass is 362 g/mol. The number of carbonyl (C=O) groups is 2. The van der Waals surface area contributed by atoms with Crippen molar-refractivity contribution >= 4 is 46.4 Å². The second-order valence-corrected chi connectivity index (χ2v) is 6.56. The van der Waals surface area contributed by atoms with Crippen molar-refractivity contribution in [3.8, 4) is 0 Å². The van der Waals surface area contributed by atoms with E-state index >= 15 is 0 Å². The molecule has 2 aromatic rings. The molecule has 1 N–H and O–H groups in total. The van der Waals surface area contributed by atoms with Crippen LogP contribution < -0.4 is 10.2 Å². The predicted octanol–water partition coefficient (Wildman–Crippen LogP) is 4.30. The van der Waals surface area contributed by atoms with Crippen LogP contribution in [0.1, 0.15) is 18.9 Å². The standard InChI is InChI=1S/C18H16Cl2N2O2/c1-11-9-12-5-2-3-8-15(12)22(11)17(24)10-16(23)21-14-7-4-6-13(19)18(14)20/h2-8,11H,9-10H2,1H3,(H,21,23). The number of benzene rings is 2. The van der Waals surface area contributed by atoms with Gasteiger partial charge in [-0.1, -0.05) is 47.5 Å². The first-order valence-corrected chi connectivity index (χ1v) is 8.37. The van der Waals surface area contributed by atoms with E-state index in [9.17, 15) is 9.59 Å². The molecule has 0 aromatic heterocycles. The van der Waals surface area contributed by atoms with E-state index in [1.165, 1.54) is 0 Å². The Morgan fingerprint density at radius 2 is 1.92 bits per heavy atom. The second kappa shape index (κ2) is 6.83. The highest BCUT2D eigenvalue weighted by atomic mass is 35.5. The maximum absolute atomic E-state index is 12.6. The van der Waals surface area contributed by atoms with Gasteiger partial charge in [0, 0.05) is 11.7 Å². The van der Waals surface area contributed by atoms with Crippen molar-refractivity contribution in [2.24, 2.45) is 0 Å². The smallest absolute Gasteiger partial charge is 0.236 e. The molecule has 3 rings (SSSR count). The minimum Gasteiger partial charge on any atom is -0.324 e. The number of hydrogen-bond donors (Lipinski definition) is 1. The molecule has 2 aromatic carbocycles. The number of fused-ring (bicyclic) bond motifs is 1. The lowest BCUT2D eigenvalue weighted by atomic mass is 10.1. The zero-order chi connectivity index (χ0) is 17.3. The fourth-order valence-corrected chi connectivity index (χ4v) is 3.31. The van der Waals surface area contributed by atoms with E-state index in [2.05, 4.69) is 5.32 Å². The maximum Gasteiger partial charge on any atom is 0.236 e. The zero-order valence-corrected chi connectivity index (χ0v) is 14.6. The third kappa shape index (κ3) is 3.25. The molecule has 0 aliphatic carbocycles. The fourth-order valence-electron chi connectivity index (χ4n) is 2.96. The summed E-state index contributed by atoms with van der Waals surface area (Å²) in [4.78, 5) is 26.5. The van der Waals surface area contributed by atoms with Crippen molar-refractivity contribution in [3.63, 3.8) is 0 Å². The molecule has 0 fully saturated rings. The Hall–Kier alpha value is -2.04. The van der Waals surface area contributed by atoms with Crippen molar-refractivity contribution in [1.29, 1.82) is 0 Å². The molecule has 1 atom stereocenters. The summed E-state index contributed by atoms with van der Waals surface area (Å²) in [5, 5.41) is 3.26. The summed E-state index contributed by atoms with van der Waals surface area (Å²) in [6, 6.07) is 12.8. The van der Waals surface area contributed by atoms with Crippen molar-refractivity contribution in [1.82, 2.24) is 0 Å². The van der Waals surface area contributed by atoms with Gasteiger partial charge in [0.1, 0.15) is 6.42 Å². The van der Waals surface area contributed by atoms with Crippen LogP contribution in [0.15, 0.2) is 42.5 Å². The van der Waals surface area contributed by atoms with E-state index in [-0.39, 0.29) is 23.4 Å². The van der Waals surface area contributed by atoms with Gasteiger partial charge >= 0.3 is 0 Å². The molecule has 0 spiro atoms. The minimum absolute atomic E-state index is 0.0393. The lowest BCUT2D eigenvalue weighted by Gasteiger charge is -2.22. The summed E-state index contributed by atoms with van der Waals surface area (Å²) in [6.07, 6.45) is 0.547. The summed E-state index contributed by atoms with van der Waals surface area (Å²) in [6.45, 7) is 1.98. The summed E-state index contributed by atoms with van der Waals surface area (Å²) >= 11 is 12.0. The molecule has 0 saturated heterocycles. The Bertz CT molecular complexity index is 807. The van der Waals surface area contributed by atoms with E-state index < -0.39 is 5.91 Å². The lowest BCUT2D eigenvalue weighted by Crippen LogP contribution is -2.37. The third-order valence-electron chi connectivity index (χ3n) is 4.01. The number of nitrogens with one attached hydrogen (secondary N) is 1. The molecule has 24 heavy (non-hydrogen) atoms. The van der Waals surface area contributed by atoms with Gasteiger partial charge < -0.3 is 10.2 Å². The topological polar surface area (TPSA) is 49.4 Å². The summed E-state index contributed by atoms with van der Waals surface area (Å²) in [7, 11) is 0. The van der Waals surface area contributed by atoms with Gasteiger partial charge in [-0.2, -0.15) is 0 Å². The Balaban J connectivity index is 1.71. The van der Waals surface area contributed by atoms with Crippen molar-refractivity contribution < 1.29 is 9.59 Å². The Morgan fingerprint density at radius 1 is 1.17 bits per heavy atom. The molecule has 1 aliphatic heterocycles. The highest BCUT2D eigenvalue weighted by Gasteiger charge is 2.31. The Labute approximate surface area is 150 Å². The molecule has 1 heterocycles. The molecule has 1 unspecified atom stereocenters. The number of carbonyl (C=O) groups excluding carboxylic acids is 2. The molecule has 4 nitrogen and oxygen atoms in total. The zero-order valence-electron chi connectivity index (χ0n) is 13.1. The highest BCUT2D eigenvalue weighted by molar-refractivity contribution is 6.44. The van der Waals surface area contributed by atoms with E-state index in [0.29, 0.717) is 10.7 Å². The molecular weight excluding hydrogens is 347 g/mol. The number of anilines is 2. The molecule has 6 heteroatoms. The van der Waals surface area contributed by atoms with Crippen LogP contribution in [-0.4, -0.2) is 17.9 Å². The Morgan fingerprint density at radius 3 is 2.71 bits per heavy atom. The largest absolute Gasteiger partial charge is 0.324 e. The minimum atomic E-state index is -0.416. The predicted molar refractivity (Wildman–Crippen MR) is 96.8 cm³/mol. The number of hydrogen-bond acceptors (Lipinski definition) is 2. The van der Waals surface area contributed by atoms with Gasteiger partial charge in [-0.25, -0.2) is 0 Å². The van der Waals surface area contributed by atoms with Gasteiger partial charge in [-0.15, -0.1) is 0 Å². The van der Waals surface area contributed by atoms with Crippen LogP contribution in [-0.2, 0) is 16.0 Å². The third-order valence-corrected chi connectivity index (χ3v) is 4.83. The van der Waals surface area contributed by atoms with Crippen LogP contribution in [0.4, 0.5) is 11.4 Å². The average Bonchev–Trinajstić information content (AvgIpc) is 2.87. The van der Waals surface area contributed by atoms with Gasteiger partial charge in [0.15, 0.2) is 0 Å². The summed E-state index contributed by atoms with van der Waals surface area (Å²) in [5.74, 6) is -0.649. The van der Waals surface area contributed by atoms with Crippen LogP contribution in [0.2, 0.25) is 10.0 Å². The van der Waals surface area contributed by atoms with Gasteiger partial charge in [0.05, 0.1) is 15.7 Å². The summed E-state index contributed by atoms with van der Waals surface area (Å²) < 4.78 is 0. The molecule has 0 saturated carbocycles. The molecule has 0 bridgehead atoms. The number of amides is 2. The average molecular weight is 363 g/mol. The van der Waals surface area contributed by atoms with Crippen molar-refractivity contribution in [3.05, 3.63) is 58.1 Å². The van der Waals surface area contributed by atoms with Crippen LogP contribution >= 0.6 is 23.2 Å². The number of rotatable bonds is 3. The SMILES string of the molecule is CC1Cc2ccccc2N1C(=O)CC(=O)Nc1cccc(Cl)c1Cl. The van der Waals surface area contributed by atoms with Crippen molar-refractivity contribution in [2.45, 2.75) is 25.8 Å². The van der Waals surface area contributed by atoms with E-state index in [0.717, 1.165) is 17.7 Å². The van der Waals surface area contributed by atoms with E-state index in [4.69, 9.17) is 23.2 Å². The summed E-state index contributed by atoms with van der Waals surface area (Å²) in [5.41, 5.74) is 2.40. The highest BCUT2D eigenvalue weighted by Crippen LogP contribution is 2.33. The number of halogens is 2. The normalized spacial score (nSPS) is 16.0. The van der Waals surface area contributed by atoms with Crippen molar-refractivity contribution in [2.75, 3.05) is 10.2 Å². The fraction of sp³-hybridized carbons (Fsp3) is 0.222. The molecule has 2 amide bonds. The first-order valence-electron chi connectivity index (χ1n) is 7.61. The first-order chi connectivity index (χ1) is 11.5. The first kappa shape index (κ1) is 16.8. The number of nitrogens with zero attached hydrogens (tertiary/aromatic N) is 1. The van der Waals surface area contributed by atoms with E-state index in [1.807, 2.05) is 31.2 Å². The van der Waals surface area contributed by atoms with Crippen LogP contribution in [0.5, 0.6) is 0 Å². The Kier molecular flexibility index (Phi) is 4.78. The second-order valence-electron chi connectivity index (χ2n) is 5.77. The van der Waals surface area contributed by atoms with Gasteiger partial charge in [-0.3, -0.25) is 9.59 Å². The van der Waals surface area contributed by atoms with Crippen LogP contribution in [0, 0.1) is 0 Å². The van der Waals surface area contributed by atoms with Gasteiger partial charge in [0.2, 0.25) is 11.8 Å². The molecule has 0 radical (unpaired) electrons. The van der Waals surface area contributed by atoms with Crippen LogP contribution in [0.3, 0.4) is 0 Å². The maximum atomic E-state index is 12.6.